The zero-order chi connectivity index (χ0) is 15.7. The Labute approximate surface area is 126 Å². The maximum Gasteiger partial charge on any atom is 0.211 e. The molecule has 0 aliphatic rings. The minimum absolute atomic E-state index is 0.0150. The highest BCUT2D eigenvalue weighted by molar-refractivity contribution is 7.89. The molecule has 1 aromatic rings. The van der Waals surface area contributed by atoms with Crippen LogP contribution in [0.2, 0.25) is 0 Å². The van der Waals surface area contributed by atoms with Gasteiger partial charge in [-0.3, -0.25) is 0 Å². The van der Waals surface area contributed by atoms with Gasteiger partial charge in [-0.15, -0.1) is 0 Å². The van der Waals surface area contributed by atoms with Crippen LogP contribution in [-0.4, -0.2) is 46.6 Å². The van der Waals surface area contributed by atoms with Gasteiger partial charge in [-0.1, -0.05) is 6.07 Å². The van der Waals surface area contributed by atoms with Gasteiger partial charge >= 0.3 is 0 Å². The highest BCUT2D eigenvalue weighted by Crippen LogP contribution is 2.27. The fraction of sp³-hybridized carbons (Fsp3) is 0.571. The van der Waals surface area contributed by atoms with Gasteiger partial charge < -0.3 is 14.6 Å². The number of unbranched alkanes of at least 4 members (excludes halogenated alkanes) is 1. The van der Waals surface area contributed by atoms with Gasteiger partial charge in [0.05, 0.1) is 20.0 Å². The molecule has 0 heterocycles. The van der Waals surface area contributed by atoms with E-state index in [1.165, 1.54) is 0 Å². The van der Waals surface area contributed by atoms with Gasteiger partial charge in [0, 0.05) is 13.2 Å². The van der Waals surface area contributed by atoms with E-state index >= 15 is 0 Å². The standard InChI is InChI=1S/C14H23NO5S/c1-19-13-6-5-12(11-14(13)20-2)7-8-15-21(17,18)10-4-3-9-16/h5-6,11,15-16H,3-4,7-10H2,1-2H3. The summed E-state index contributed by atoms with van der Waals surface area (Å²) in [6.07, 6.45) is 1.53. The van der Waals surface area contributed by atoms with Crippen LogP contribution >= 0.6 is 0 Å². The number of hydrogen-bond donors (Lipinski definition) is 2. The number of benzene rings is 1. The molecular formula is C14H23NO5S. The Balaban J connectivity index is 2.48. The fourth-order valence-electron chi connectivity index (χ4n) is 1.86. The fourth-order valence-corrected chi connectivity index (χ4v) is 3.00. The Hall–Kier alpha value is -1.31. The Bertz CT molecular complexity index is 530. The minimum Gasteiger partial charge on any atom is -0.493 e. The molecule has 120 valence electrons. The average molecular weight is 317 g/mol. The summed E-state index contributed by atoms with van der Waals surface area (Å²) in [5.41, 5.74) is 0.964. The van der Waals surface area contributed by atoms with Crippen LogP contribution in [0.4, 0.5) is 0 Å². The highest BCUT2D eigenvalue weighted by atomic mass is 32.2. The maximum absolute atomic E-state index is 11.7. The molecule has 1 rings (SSSR count). The van der Waals surface area contributed by atoms with Crippen molar-refractivity contribution in [1.82, 2.24) is 4.72 Å². The second-order valence-corrected chi connectivity index (χ2v) is 6.51. The zero-order valence-corrected chi connectivity index (χ0v) is 13.3. The van der Waals surface area contributed by atoms with E-state index in [9.17, 15) is 8.42 Å². The largest absolute Gasteiger partial charge is 0.493 e. The average Bonchev–Trinajstić information content (AvgIpc) is 2.47. The molecule has 0 unspecified atom stereocenters. The van der Waals surface area contributed by atoms with E-state index in [0.29, 0.717) is 37.3 Å². The van der Waals surface area contributed by atoms with Gasteiger partial charge in [0.1, 0.15) is 0 Å². The molecule has 0 atom stereocenters. The number of hydrogen-bond acceptors (Lipinski definition) is 5. The summed E-state index contributed by atoms with van der Waals surface area (Å²) in [6.45, 7) is 0.345. The molecule has 0 aliphatic heterocycles. The molecule has 0 aromatic heterocycles. The van der Waals surface area contributed by atoms with Crippen molar-refractivity contribution in [2.45, 2.75) is 19.3 Å². The van der Waals surface area contributed by atoms with Crippen molar-refractivity contribution in [2.75, 3.05) is 33.1 Å². The molecular weight excluding hydrogens is 294 g/mol. The first kappa shape index (κ1) is 17.7. The minimum atomic E-state index is -3.27. The van der Waals surface area contributed by atoms with E-state index in [1.807, 2.05) is 12.1 Å². The lowest BCUT2D eigenvalue weighted by molar-refractivity contribution is 0.287. The van der Waals surface area contributed by atoms with E-state index in [1.54, 1.807) is 20.3 Å². The normalized spacial score (nSPS) is 11.4. The Morgan fingerprint density at radius 3 is 2.48 bits per heavy atom. The molecule has 7 heteroatoms. The van der Waals surface area contributed by atoms with Gasteiger partial charge in [0.25, 0.3) is 0 Å². The first-order valence-corrected chi connectivity index (χ1v) is 8.46. The van der Waals surface area contributed by atoms with Crippen LogP contribution in [-0.2, 0) is 16.4 Å². The van der Waals surface area contributed by atoms with Crippen molar-refractivity contribution in [3.05, 3.63) is 23.8 Å². The van der Waals surface area contributed by atoms with Gasteiger partial charge in [-0.2, -0.15) is 0 Å². The molecule has 0 radical (unpaired) electrons. The van der Waals surface area contributed by atoms with Gasteiger partial charge in [-0.05, 0) is 37.0 Å². The third kappa shape index (κ3) is 6.33. The van der Waals surface area contributed by atoms with Crippen molar-refractivity contribution in [1.29, 1.82) is 0 Å². The quantitative estimate of drug-likeness (QED) is 0.627. The third-order valence-electron chi connectivity index (χ3n) is 3.00. The smallest absolute Gasteiger partial charge is 0.211 e. The molecule has 0 saturated heterocycles. The summed E-state index contributed by atoms with van der Waals surface area (Å²) >= 11 is 0. The van der Waals surface area contributed by atoms with Gasteiger partial charge in [0.15, 0.2) is 11.5 Å². The maximum atomic E-state index is 11.7. The topological polar surface area (TPSA) is 84.9 Å². The number of nitrogens with one attached hydrogen (secondary N) is 1. The van der Waals surface area contributed by atoms with Crippen LogP contribution in [0.5, 0.6) is 11.5 Å². The summed E-state index contributed by atoms with van der Waals surface area (Å²) < 4.78 is 36.3. The van der Waals surface area contributed by atoms with Gasteiger partial charge in [0.2, 0.25) is 10.0 Å². The lowest BCUT2D eigenvalue weighted by Gasteiger charge is -2.10. The van der Waals surface area contributed by atoms with E-state index in [0.717, 1.165) is 5.56 Å². The van der Waals surface area contributed by atoms with E-state index in [-0.39, 0.29) is 12.4 Å². The summed E-state index contributed by atoms with van der Waals surface area (Å²) in [7, 11) is -0.141. The summed E-state index contributed by atoms with van der Waals surface area (Å²) in [5.74, 6) is 1.31. The number of rotatable bonds is 10. The van der Waals surface area contributed by atoms with Crippen molar-refractivity contribution < 1.29 is 23.0 Å². The lowest BCUT2D eigenvalue weighted by Crippen LogP contribution is -2.28. The van der Waals surface area contributed by atoms with Crippen LogP contribution in [0.15, 0.2) is 18.2 Å². The Morgan fingerprint density at radius 2 is 1.86 bits per heavy atom. The van der Waals surface area contributed by atoms with Crippen molar-refractivity contribution in [3.8, 4) is 11.5 Å². The number of sulfonamides is 1. The predicted molar refractivity (Wildman–Crippen MR) is 81.4 cm³/mol. The van der Waals surface area contributed by atoms with Crippen molar-refractivity contribution in [3.63, 3.8) is 0 Å². The van der Waals surface area contributed by atoms with E-state index < -0.39 is 10.0 Å². The molecule has 1 aromatic carbocycles. The monoisotopic (exact) mass is 317 g/mol. The van der Waals surface area contributed by atoms with Gasteiger partial charge in [-0.25, -0.2) is 13.1 Å². The number of methoxy groups -OCH3 is 2. The molecule has 21 heavy (non-hydrogen) atoms. The van der Waals surface area contributed by atoms with Crippen molar-refractivity contribution in [2.24, 2.45) is 0 Å². The molecule has 0 fully saturated rings. The van der Waals surface area contributed by atoms with Crippen LogP contribution in [0, 0.1) is 0 Å². The van der Waals surface area contributed by atoms with Crippen LogP contribution in [0.25, 0.3) is 0 Å². The van der Waals surface area contributed by atoms with Crippen molar-refractivity contribution >= 4 is 10.0 Å². The summed E-state index contributed by atoms with van der Waals surface area (Å²) in [4.78, 5) is 0. The molecule has 0 amide bonds. The third-order valence-corrected chi connectivity index (χ3v) is 4.47. The SMILES string of the molecule is COc1ccc(CCNS(=O)(=O)CCCCO)cc1OC. The molecule has 2 N–H and O–H groups in total. The highest BCUT2D eigenvalue weighted by Gasteiger charge is 2.10. The first-order chi connectivity index (χ1) is 10.0. The molecule has 0 aliphatic carbocycles. The summed E-state index contributed by atoms with van der Waals surface area (Å²) in [5, 5.41) is 8.64. The molecule has 0 bridgehead atoms. The van der Waals surface area contributed by atoms with E-state index in [4.69, 9.17) is 14.6 Å². The number of aliphatic hydroxyl groups is 1. The molecule has 0 saturated carbocycles. The van der Waals surface area contributed by atoms with Crippen LogP contribution in [0.3, 0.4) is 0 Å². The first-order valence-electron chi connectivity index (χ1n) is 6.81. The zero-order valence-electron chi connectivity index (χ0n) is 12.5. The molecule has 0 spiro atoms. The Kier molecular flexibility index (Phi) is 7.49. The number of ether oxygens (including phenoxy) is 2. The van der Waals surface area contributed by atoms with E-state index in [2.05, 4.69) is 4.72 Å². The second kappa shape index (κ2) is 8.86. The summed E-state index contributed by atoms with van der Waals surface area (Å²) in [6, 6.07) is 5.50. The van der Waals surface area contributed by atoms with Crippen LogP contribution < -0.4 is 14.2 Å². The second-order valence-electron chi connectivity index (χ2n) is 4.58. The van der Waals surface area contributed by atoms with Crippen LogP contribution in [0.1, 0.15) is 18.4 Å². The molecule has 6 nitrogen and oxygen atoms in total. The lowest BCUT2D eigenvalue weighted by atomic mass is 10.1. The Morgan fingerprint density at radius 1 is 1.14 bits per heavy atom. The number of aliphatic hydroxyl groups excluding tert-OH is 1. The predicted octanol–water partition coefficient (Wildman–Crippen LogP) is 0.938.